The minimum atomic E-state index is -0.828. The van der Waals surface area contributed by atoms with Gasteiger partial charge in [0.2, 0.25) is 5.91 Å². The summed E-state index contributed by atoms with van der Waals surface area (Å²) in [5.41, 5.74) is 0.571. The Balaban J connectivity index is 1.87. The van der Waals surface area contributed by atoms with Crippen molar-refractivity contribution < 1.29 is 9.90 Å². The lowest BCUT2D eigenvalue weighted by atomic mass is 9.97. The van der Waals surface area contributed by atoms with E-state index in [2.05, 4.69) is 10.6 Å². The van der Waals surface area contributed by atoms with E-state index in [0.29, 0.717) is 15.6 Å². The second-order valence-electron chi connectivity index (χ2n) is 4.95. The van der Waals surface area contributed by atoms with E-state index in [1.54, 1.807) is 18.2 Å². The van der Waals surface area contributed by atoms with Crippen LogP contribution >= 0.6 is 23.2 Å². The first-order chi connectivity index (χ1) is 9.58. The van der Waals surface area contributed by atoms with E-state index < -0.39 is 6.10 Å². The molecule has 1 aliphatic rings. The van der Waals surface area contributed by atoms with Gasteiger partial charge in [-0.25, -0.2) is 0 Å². The Kier molecular flexibility index (Phi) is 5.66. The van der Waals surface area contributed by atoms with Gasteiger partial charge in [0.1, 0.15) is 0 Å². The third-order valence-corrected chi connectivity index (χ3v) is 4.06. The van der Waals surface area contributed by atoms with Crippen LogP contribution in [-0.4, -0.2) is 30.6 Å². The quantitative estimate of drug-likeness (QED) is 0.797. The van der Waals surface area contributed by atoms with Gasteiger partial charge in [-0.05, 0) is 38.1 Å². The second kappa shape index (κ2) is 7.27. The molecule has 4 nitrogen and oxygen atoms in total. The molecule has 110 valence electrons. The molecule has 1 fully saturated rings. The average molecular weight is 317 g/mol. The highest BCUT2D eigenvalue weighted by Crippen LogP contribution is 2.26. The molecule has 1 saturated heterocycles. The normalized spacial score (nSPS) is 17.8. The lowest BCUT2D eigenvalue weighted by molar-refractivity contribution is -0.126. The summed E-state index contributed by atoms with van der Waals surface area (Å²) in [4.78, 5) is 12.0. The van der Waals surface area contributed by atoms with Crippen LogP contribution in [0.2, 0.25) is 10.0 Å². The lowest BCUT2D eigenvalue weighted by Gasteiger charge is -2.22. The van der Waals surface area contributed by atoms with Crippen molar-refractivity contribution in [1.29, 1.82) is 0 Å². The van der Waals surface area contributed by atoms with Gasteiger partial charge in [-0.3, -0.25) is 4.79 Å². The standard InChI is InChI=1S/C14H18Cl2N2O2/c15-10-1-2-11(12(16)7-10)13(19)8-18-14(20)9-3-5-17-6-4-9/h1-2,7,9,13,17,19H,3-6,8H2,(H,18,20). The Bertz CT molecular complexity index is 476. The van der Waals surface area contributed by atoms with Gasteiger partial charge in [-0.2, -0.15) is 0 Å². The summed E-state index contributed by atoms with van der Waals surface area (Å²) in [6, 6.07) is 4.92. The zero-order chi connectivity index (χ0) is 14.5. The van der Waals surface area contributed by atoms with Gasteiger partial charge in [-0.15, -0.1) is 0 Å². The van der Waals surface area contributed by atoms with E-state index in [-0.39, 0.29) is 18.4 Å². The molecule has 0 aliphatic carbocycles. The highest BCUT2D eigenvalue weighted by Gasteiger charge is 2.21. The molecule has 1 atom stereocenters. The summed E-state index contributed by atoms with van der Waals surface area (Å²) in [6.45, 7) is 1.89. The molecule has 0 spiro atoms. The molecule has 0 radical (unpaired) electrons. The van der Waals surface area contributed by atoms with Gasteiger partial charge in [0, 0.05) is 28.1 Å². The molecule has 1 heterocycles. The Hall–Kier alpha value is -0.810. The largest absolute Gasteiger partial charge is 0.387 e. The molecule has 2 rings (SSSR count). The molecule has 0 saturated carbocycles. The summed E-state index contributed by atoms with van der Waals surface area (Å²) < 4.78 is 0. The van der Waals surface area contributed by atoms with E-state index in [9.17, 15) is 9.90 Å². The monoisotopic (exact) mass is 316 g/mol. The van der Waals surface area contributed by atoms with E-state index in [1.807, 2.05) is 0 Å². The molecule has 0 bridgehead atoms. The number of amides is 1. The fraction of sp³-hybridized carbons (Fsp3) is 0.500. The molecular weight excluding hydrogens is 299 g/mol. The molecule has 0 aromatic heterocycles. The summed E-state index contributed by atoms with van der Waals surface area (Å²) in [7, 11) is 0. The van der Waals surface area contributed by atoms with Gasteiger partial charge in [-0.1, -0.05) is 29.3 Å². The average Bonchev–Trinajstić information content (AvgIpc) is 2.45. The third kappa shape index (κ3) is 4.09. The number of benzene rings is 1. The number of piperidine rings is 1. The van der Waals surface area contributed by atoms with Crippen LogP contribution in [0.1, 0.15) is 24.5 Å². The van der Waals surface area contributed by atoms with Crippen LogP contribution in [0.5, 0.6) is 0 Å². The molecule has 1 amide bonds. The predicted molar refractivity (Wildman–Crippen MR) is 80.0 cm³/mol. The minimum Gasteiger partial charge on any atom is -0.387 e. The van der Waals surface area contributed by atoms with Gasteiger partial charge < -0.3 is 15.7 Å². The van der Waals surface area contributed by atoms with Crippen LogP contribution in [-0.2, 0) is 4.79 Å². The first kappa shape index (κ1) is 15.6. The van der Waals surface area contributed by atoms with Crippen molar-refractivity contribution in [2.75, 3.05) is 19.6 Å². The summed E-state index contributed by atoms with van der Waals surface area (Å²) >= 11 is 11.8. The zero-order valence-electron chi connectivity index (χ0n) is 11.0. The summed E-state index contributed by atoms with van der Waals surface area (Å²) in [5.74, 6) is 0.0276. The Morgan fingerprint density at radius 2 is 2.10 bits per heavy atom. The van der Waals surface area contributed by atoms with Crippen LogP contribution in [0.4, 0.5) is 0 Å². The van der Waals surface area contributed by atoms with E-state index in [4.69, 9.17) is 23.2 Å². The number of carbonyl (C=O) groups is 1. The SMILES string of the molecule is O=C(NCC(O)c1ccc(Cl)cc1Cl)C1CCNCC1. The molecule has 1 unspecified atom stereocenters. The molecule has 6 heteroatoms. The van der Waals surface area contributed by atoms with Gasteiger partial charge in [0.15, 0.2) is 0 Å². The Morgan fingerprint density at radius 1 is 1.40 bits per heavy atom. The molecule has 20 heavy (non-hydrogen) atoms. The number of hydrogen-bond donors (Lipinski definition) is 3. The maximum Gasteiger partial charge on any atom is 0.223 e. The molecule has 3 N–H and O–H groups in total. The number of nitrogens with one attached hydrogen (secondary N) is 2. The van der Waals surface area contributed by atoms with Crippen molar-refractivity contribution in [2.45, 2.75) is 18.9 Å². The first-order valence-electron chi connectivity index (χ1n) is 6.69. The molecule has 1 aliphatic heterocycles. The predicted octanol–water partition coefficient (Wildman–Crippen LogP) is 2.14. The summed E-state index contributed by atoms with van der Waals surface area (Å²) in [5, 5.41) is 17.0. The van der Waals surface area contributed by atoms with Crippen LogP contribution in [0.15, 0.2) is 18.2 Å². The number of halogens is 2. The second-order valence-corrected chi connectivity index (χ2v) is 5.79. The number of carbonyl (C=O) groups excluding carboxylic acids is 1. The fourth-order valence-corrected chi connectivity index (χ4v) is 2.84. The van der Waals surface area contributed by atoms with Crippen molar-refractivity contribution >= 4 is 29.1 Å². The molecular formula is C14H18Cl2N2O2. The van der Waals surface area contributed by atoms with E-state index in [1.165, 1.54) is 0 Å². The topological polar surface area (TPSA) is 61.4 Å². The first-order valence-corrected chi connectivity index (χ1v) is 7.45. The van der Waals surface area contributed by atoms with Crippen LogP contribution in [0, 0.1) is 5.92 Å². The highest BCUT2D eigenvalue weighted by atomic mass is 35.5. The van der Waals surface area contributed by atoms with Crippen molar-refractivity contribution in [3.05, 3.63) is 33.8 Å². The van der Waals surface area contributed by atoms with Gasteiger partial charge in [0.05, 0.1) is 6.10 Å². The van der Waals surface area contributed by atoms with Crippen molar-refractivity contribution in [3.8, 4) is 0 Å². The maximum atomic E-state index is 12.0. The van der Waals surface area contributed by atoms with Crippen LogP contribution in [0.3, 0.4) is 0 Å². The molecule has 1 aromatic carbocycles. The van der Waals surface area contributed by atoms with Crippen molar-refractivity contribution in [1.82, 2.24) is 10.6 Å². The smallest absolute Gasteiger partial charge is 0.223 e. The number of aliphatic hydroxyl groups is 1. The van der Waals surface area contributed by atoms with E-state index >= 15 is 0 Å². The minimum absolute atomic E-state index is 0.00404. The van der Waals surface area contributed by atoms with Gasteiger partial charge >= 0.3 is 0 Å². The fourth-order valence-electron chi connectivity index (χ4n) is 2.31. The number of rotatable bonds is 4. The van der Waals surface area contributed by atoms with E-state index in [0.717, 1.165) is 25.9 Å². The van der Waals surface area contributed by atoms with Crippen molar-refractivity contribution in [3.63, 3.8) is 0 Å². The maximum absolute atomic E-state index is 12.0. The third-order valence-electron chi connectivity index (χ3n) is 3.50. The highest BCUT2D eigenvalue weighted by molar-refractivity contribution is 6.35. The Labute approximate surface area is 128 Å². The Morgan fingerprint density at radius 3 is 2.75 bits per heavy atom. The van der Waals surface area contributed by atoms with Crippen molar-refractivity contribution in [2.24, 2.45) is 5.92 Å². The summed E-state index contributed by atoms with van der Waals surface area (Å²) in [6.07, 6.45) is 0.846. The molecule has 1 aromatic rings. The lowest BCUT2D eigenvalue weighted by Crippen LogP contribution is -2.39. The van der Waals surface area contributed by atoms with Gasteiger partial charge in [0.25, 0.3) is 0 Å². The zero-order valence-corrected chi connectivity index (χ0v) is 12.5. The van der Waals surface area contributed by atoms with Crippen LogP contribution < -0.4 is 10.6 Å². The number of aliphatic hydroxyl groups excluding tert-OH is 1. The van der Waals surface area contributed by atoms with Crippen LogP contribution in [0.25, 0.3) is 0 Å². The number of hydrogen-bond acceptors (Lipinski definition) is 3.